The van der Waals surface area contributed by atoms with Crippen molar-refractivity contribution in [3.05, 3.63) is 48.4 Å². The van der Waals surface area contributed by atoms with Gasteiger partial charge >= 0.3 is 0 Å². The lowest BCUT2D eigenvalue weighted by Crippen LogP contribution is -2.50. The molecule has 24 heavy (non-hydrogen) atoms. The summed E-state index contributed by atoms with van der Waals surface area (Å²) in [6.45, 7) is 1.54. The Morgan fingerprint density at radius 1 is 1.17 bits per heavy atom. The van der Waals surface area contributed by atoms with Crippen molar-refractivity contribution in [2.75, 3.05) is 23.3 Å². The summed E-state index contributed by atoms with van der Waals surface area (Å²) in [6, 6.07) is 10.0. The van der Waals surface area contributed by atoms with E-state index in [9.17, 15) is 4.79 Å². The van der Waals surface area contributed by atoms with E-state index >= 15 is 0 Å². The van der Waals surface area contributed by atoms with Gasteiger partial charge < -0.3 is 15.2 Å². The van der Waals surface area contributed by atoms with E-state index in [1.54, 1.807) is 6.33 Å². The highest BCUT2D eigenvalue weighted by Gasteiger charge is 2.49. The van der Waals surface area contributed by atoms with E-state index in [0.29, 0.717) is 6.54 Å². The number of aromatic amines is 1. The van der Waals surface area contributed by atoms with Crippen molar-refractivity contribution >= 4 is 28.4 Å². The molecule has 0 bridgehead atoms. The first kappa shape index (κ1) is 13.5. The van der Waals surface area contributed by atoms with Gasteiger partial charge in [-0.25, -0.2) is 9.97 Å². The van der Waals surface area contributed by atoms with E-state index in [-0.39, 0.29) is 5.91 Å². The van der Waals surface area contributed by atoms with E-state index in [1.165, 1.54) is 0 Å². The Bertz CT molecular complexity index is 949. The van der Waals surface area contributed by atoms with Gasteiger partial charge in [0.25, 0.3) is 0 Å². The fourth-order valence-corrected chi connectivity index (χ4v) is 4.13. The maximum Gasteiger partial charge on any atom is 0.236 e. The van der Waals surface area contributed by atoms with E-state index < -0.39 is 5.41 Å². The van der Waals surface area contributed by atoms with Crippen molar-refractivity contribution in [2.24, 2.45) is 0 Å². The zero-order valence-electron chi connectivity index (χ0n) is 13.1. The Hall–Kier alpha value is -2.89. The monoisotopic (exact) mass is 319 g/mol. The molecule has 2 N–H and O–H groups in total. The molecule has 1 atom stereocenters. The predicted octanol–water partition coefficient (Wildman–Crippen LogP) is 2.45. The molecule has 1 amide bonds. The number of nitrogens with zero attached hydrogens (tertiary/aromatic N) is 3. The SMILES string of the molecule is O=C1Nc2ccccc2[C@@]12CCCN(c1ncnc3[nH]ccc13)C2. The van der Waals surface area contributed by atoms with Crippen molar-refractivity contribution in [1.82, 2.24) is 15.0 Å². The third-order valence-corrected chi connectivity index (χ3v) is 5.25. The van der Waals surface area contributed by atoms with Gasteiger partial charge in [-0.1, -0.05) is 18.2 Å². The fraction of sp³-hybridized carbons (Fsp3) is 0.278. The van der Waals surface area contributed by atoms with Gasteiger partial charge in [0, 0.05) is 25.0 Å². The molecule has 4 heterocycles. The molecule has 1 aromatic carbocycles. The standard InChI is InChI=1S/C18H17N5O/c24-17-18(13-4-1-2-5-14(13)22-17)7-3-9-23(10-18)16-12-6-8-19-15(12)20-11-21-16/h1-2,4-6,8,11H,3,7,9-10H2,(H,22,24)(H,19,20,21)/t18-/m0/s1. The van der Waals surface area contributed by atoms with Gasteiger partial charge in [-0.3, -0.25) is 4.79 Å². The van der Waals surface area contributed by atoms with Gasteiger partial charge in [0.2, 0.25) is 5.91 Å². The van der Waals surface area contributed by atoms with Crippen molar-refractivity contribution in [2.45, 2.75) is 18.3 Å². The van der Waals surface area contributed by atoms with Crippen LogP contribution in [0.4, 0.5) is 11.5 Å². The van der Waals surface area contributed by atoms with Crippen LogP contribution in [0.5, 0.6) is 0 Å². The average molecular weight is 319 g/mol. The fourth-order valence-electron chi connectivity index (χ4n) is 4.13. The lowest BCUT2D eigenvalue weighted by atomic mass is 9.75. The second-order valence-corrected chi connectivity index (χ2v) is 6.54. The Labute approximate surface area is 138 Å². The third-order valence-electron chi connectivity index (χ3n) is 5.25. The number of H-pyrrole nitrogens is 1. The molecular formula is C18H17N5O. The number of piperidine rings is 1. The van der Waals surface area contributed by atoms with Crippen LogP contribution in [0.25, 0.3) is 11.0 Å². The number of amides is 1. The van der Waals surface area contributed by atoms with Gasteiger partial charge in [0.05, 0.1) is 10.8 Å². The molecule has 2 aliphatic rings. The van der Waals surface area contributed by atoms with E-state index in [2.05, 4.69) is 31.2 Å². The van der Waals surface area contributed by atoms with Gasteiger partial charge in [-0.05, 0) is 30.5 Å². The number of hydrogen-bond donors (Lipinski definition) is 2. The average Bonchev–Trinajstić information content (AvgIpc) is 3.19. The number of fused-ring (bicyclic) bond motifs is 3. The topological polar surface area (TPSA) is 73.9 Å². The molecule has 2 aromatic heterocycles. The molecule has 0 aliphatic carbocycles. The summed E-state index contributed by atoms with van der Waals surface area (Å²) >= 11 is 0. The number of anilines is 2. The molecule has 6 heteroatoms. The van der Waals surface area contributed by atoms with Crippen molar-refractivity contribution in [3.63, 3.8) is 0 Å². The van der Waals surface area contributed by atoms with Crippen LogP contribution in [0, 0.1) is 0 Å². The number of benzene rings is 1. The second kappa shape index (κ2) is 4.80. The maximum absolute atomic E-state index is 12.8. The minimum atomic E-state index is -0.484. The quantitative estimate of drug-likeness (QED) is 0.722. The summed E-state index contributed by atoms with van der Waals surface area (Å²) in [5.41, 5.74) is 2.40. The Morgan fingerprint density at radius 3 is 3.04 bits per heavy atom. The highest BCUT2D eigenvalue weighted by atomic mass is 16.2. The molecule has 5 rings (SSSR count). The number of hydrogen-bond acceptors (Lipinski definition) is 4. The van der Waals surface area contributed by atoms with Crippen LogP contribution in [0.3, 0.4) is 0 Å². The number of carbonyl (C=O) groups excluding carboxylic acids is 1. The smallest absolute Gasteiger partial charge is 0.236 e. The summed E-state index contributed by atoms with van der Waals surface area (Å²) < 4.78 is 0. The lowest BCUT2D eigenvalue weighted by molar-refractivity contribution is -0.121. The molecule has 0 saturated carbocycles. The predicted molar refractivity (Wildman–Crippen MR) is 92.1 cm³/mol. The Kier molecular flexibility index (Phi) is 2.71. The first-order valence-electron chi connectivity index (χ1n) is 8.22. The van der Waals surface area contributed by atoms with E-state index in [1.807, 2.05) is 30.5 Å². The number of aromatic nitrogens is 3. The van der Waals surface area contributed by atoms with Crippen LogP contribution in [-0.4, -0.2) is 33.9 Å². The lowest BCUT2D eigenvalue weighted by Gasteiger charge is -2.39. The van der Waals surface area contributed by atoms with Crippen LogP contribution in [0.2, 0.25) is 0 Å². The number of rotatable bonds is 1. The molecule has 0 unspecified atom stereocenters. The molecule has 1 spiro atoms. The largest absolute Gasteiger partial charge is 0.355 e. The maximum atomic E-state index is 12.8. The summed E-state index contributed by atoms with van der Waals surface area (Å²) in [6.07, 6.45) is 5.28. The van der Waals surface area contributed by atoms with Gasteiger partial charge in [0.1, 0.15) is 17.8 Å². The molecule has 3 aromatic rings. The van der Waals surface area contributed by atoms with Crippen molar-refractivity contribution in [1.29, 1.82) is 0 Å². The van der Waals surface area contributed by atoms with Crippen LogP contribution < -0.4 is 10.2 Å². The third kappa shape index (κ3) is 1.73. The molecule has 2 aliphatic heterocycles. The molecule has 1 saturated heterocycles. The van der Waals surface area contributed by atoms with Crippen molar-refractivity contribution in [3.8, 4) is 0 Å². The second-order valence-electron chi connectivity index (χ2n) is 6.54. The Morgan fingerprint density at radius 2 is 2.08 bits per heavy atom. The Balaban J connectivity index is 1.60. The molecule has 1 fully saturated rings. The molecule has 6 nitrogen and oxygen atoms in total. The zero-order chi connectivity index (χ0) is 16.1. The number of para-hydroxylation sites is 1. The molecular weight excluding hydrogens is 302 g/mol. The summed E-state index contributed by atoms with van der Waals surface area (Å²) in [7, 11) is 0. The van der Waals surface area contributed by atoms with Gasteiger partial charge in [0.15, 0.2) is 0 Å². The first-order chi connectivity index (χ1) is 11.8. The normalized spacial score (nSPS) is 22.8. The highest BCUT2D eigenvalue weighted by Crippen LogP contribution is 2.44. The first-order valence-corrected chi connectivity index (χ1v) is 8.22. The minimum absolute atomic E-state index is 0.104. The van der Waals surface area contributed by atoms with Gasteiger partial charge in [-0.2, -0.15) is 0 Å². The molecule has 120 valence electrons. The zero-order valence-corrected chi connectivity index (χ0v) is 13.1. The summed E-state index contributed by atoms with van der Waals surface area (Å²) in [4.78, 5) is 26.9. The summed E-state index contributed by atoms with van der Waals surface area (Å²) in [5, 5.41) is 4.06. The van der Waals surface area contributed by atoms with E-state index in [4.69, 9.17) is 0 Å². The van der Waals surface area contributed by atoms with Crippen LogP contribution in [0.15, 0.2) is 42.9 Å². The van der Waals surface area contributed by atoms with Crippen LogP contribution >= 0.6 is 0 Å². The van der Waals surface area contributed by atoms with Crippen LogP contribution in [-0.2, 0) is 10.2 Å². The molecule has 0 radical (unpaired) electrons. The summed E-state index contributed by atoms with van der Waals surface area (Å²) in [5.74, 6) is 1.00. The minimum Gasteiger partial charge on any atom is -0.355 e. The number of carbonyl (C=O) groups is 1. The highest BCUT2D eigenvalue weighted by molar-refractivity contribution is 6.07. The van der Waals surface area contributed by atoms with Gasteiger partial charge in [-0.15, -0.1) is 0 Å². The number of nitrogens with one attached hydrogen (secondary N) is 2. The van der Waals surface area contributed by atoms with Crippen LogP contribution in [0.1, 0.15) is 18.4 Å². The van der Waals surface area contributed by atoms with Crippen molar-refractivity contribution < 1.29 is 4.79 Å². The van der Waals surface area contributed by atoms with E-state index in [0.717, 1.165) is 47.5 Å².